The van der Waals surface area contributed by atoms with E-state index < -0.39 is 10.0 Å². The number of sulfonamides is 1. The number of hydrogen-bond acceptors (Lipinski definition) is 5. The van der Waals surface area contributed by atoms with Crippen molar-refractivity contribution in [1.82, 2.24) is 4.31 Å². The minimum absolute atomic E-state index is 0.103. The summed E-state index contributed by atoms with van der Waals surface area (Å²) in [6, 6.07) is 21.0. The zero-order chi connectivity index (χ0) is 22.9. The maximum atomic E-state index is 13.5. The Morgan fingerprint density at radius 3 is 2.47 bits per heavy atom. The van der Waals surface area contributed by atoms with Gasteiger partial charge in [-0.05, 0) is 93.5 Å². The van der Waals surface area contributed by atoms with E-state index in [0.717, 1.165) is 10.5 Å². The van der Waals surface area contributed by atoms with Crippen molar-refractivity contribution in [3.63, 3.8) is 0 Å². The number of rotatable bonds is 6. The Morgan fingerprint density at radius 1 is 1.03 bits per heavy atom. The fraction of sp³-hybridized carbons (Fsp3) is 0.208. The van der Waals surface area contributed by atoms with Crippen LogP contribution in [0, 0.1) is 0 Å². The number of carbonyl (C=O) groups excluding carboxylic acids is 1. The fourth-order valence-electron chi connectivity index (χ4n) is 3.83. The van der Waals surface area contributed by atoms with Crippen LogP contribution in [-0.4, -0.2) is 38.8 Å². The molecule has 0 fully saturated rings. The molecule has 0 radical (unpaired) electrons. The molecule has 0 saturated heterocycles. The van der Waals surface area contributed by atoms with Crippen LogP contribution in [0.4, 0.5) is 11.4 Å². The minimum atomic E-state index is -3.80. The zero-order valence-corrected chi connectivity index (χ0v) is 19.8. The summed E-state index contributed by atoms with van der Waals surface area (Å²) in [7, 11) is 0.121. The molecule has 3 aromatic rings. The summed E-state index contributed by atoms with van der Waals surface area (Å²) in [4.78, 5) is 14.0. The molecule has 1 amide bonds. The van der Waals surface area contributed by atoms with E-state index in [1.807, 2.05) is 73.9 Å². The van der Waals surface area contributed by atoms with Crippen LogP contribution in [0.5, 0.6) is 0 Å². The standard InChI is InChI=1S/C24H25N3O3S2/c1-17-15-18-7-4-5-10-23(18)27(17)32(29,30)22-9-6-8-19(16-22)24(28)25-20-11-13-21(14-12-20)31-26(2)3/h4-14,16-17H,15H2,1-3H3,(H,25,28). The van der Waals surface area contributed by atoms with E-state index in [0.29, 0.717) is 17.8 Å². The first-order valence-corrected chi connectivity index (χ1v) is 12.5. The lowest BCUT2D eigenvalue weighted by Crippen LogP contribution is -2.35. The highest BCUT2D eigenvalue weighted by molar-refractivity contribution is 7.97. The van der Waals surface area contributed by atoms with Gasteiger partial charge in [0.25, 0.3) is 15.9 Å². The Balaban J connectivity index is 1.56. The van der Waals surface area contributed by atoms with Crippen molar-refractivity contribution in [2.45, 2.75) is 29.2 Å². The summed E-state index contributed by atoms with van der Waals surface area (Å²) in [6.07, 6.45) is 0.664. The Labute approximate surface area is 193 Å². The first-order chi connectivity index (χ1) is 15.3. The molecule has 32 heavy (non-hydrogen) atoms. The smallest absolute Gasteiger partial charge is 0.264 e. The van der Waals surface area contributed by atoms with Crippen LogP contribution in [0.2, 0.25) is 0 Å². The third-order valence-electron chi connectivity index (χ3n) is 5.20. The largest absolute Gasteiger partial charge is 0.322 e. The number of nitrogens with one attached hydrogen (secondary N) is 1. The Morgan fingerprint density at radius 2 is 1.75 bits per heavy atom. The maximum absolute atomic E-state index is 13.5. The van der Waals surface area contributed by atoms with Gasteiger partial charge in [0.15, 0.2) is 0 Å². The van der Waals surface area contributed by atoms with Gasteiger partial charge in [-0.25, -0.2) is 8.42 Å². The number of hydrogen-bond donors (Lipinski definition) is 1. The van der Waals surface area contributed by atoms with Crippen LogP contribution in [-0.2, 0) is 16.4 Å². The normalized spacial score (nSPS) is 15.6. The van der Waals surface area contributed by atoms with E-state index in [1.54, 1.807) is 24.1 Å². The Bertz CT molecular complexity index is 1240. The molecule has 4 rings (SSSR count). The van der Waals surface area contributed by atoms with Crippen molar-refractivity contribution in [3.8, 4) is 0 Å². The number of amides is 1. The summed E-state index contributed by atoms with van der Waals surface area (Å²) in [5.74, 6) is -0.357. The van der Waals surface area contributed by atoms with Gasteiger partial charge in [0.05, 0.1) is 10.6 Å². The van der Waals surface area contributed by atoms with E-state index in [4.69, 9.17) is 0 Å². The topological polar surface area (TPSA) is 69.7 Å². The van der Waals surface area contributed by atoms with Gasteiger partial charge >= 0.3 is 0 Å². The second-order valence-corrected chi connectivity index (χ2v) is 11.1. The number of para-hydroxylation sites is 1. The molecule has 1 atom stereocenters. The highest BCUT2D eigenvalue weighted by Gasteiger charge is 2.36. The first-order valence-electron chi connectivity index (χ1n) is 10.2. The predicted octanol–water partition coefficient (Wildman–Crippen LogP) is 4.65. The molecule has 8 heteroatoms. The molecular formula is C24H25N3O3S2. The van der Waals surface area contributed by atoms with Crippen LogP contribution >= 0.6 is 11.9 Å². The van der Waals surface area contributed by atoms with Gasteiger partial charge in [-0.15, -0.1) is 0 Å². The molecule has 3 aromatic carbocycles. The van der Waals surface area contributed by atoms with Gasteiger partial charge in [0.1, 0.15) is 0 Å². The monoisotopic (exact) mass is 467 g/mol. The molecule has 1 N–H and O–H groups in total. The molecule has 0 aromatic heterocycles. The van der Waals surface area contributed by atoms with Gasteiger partial charge in [0, 0.05) is 22.2 Å². The van der Waals surface area contributed by atoms with Crippen LogP contribution in [0.25, 0.3) is 0 Å². The van der Waals surface area contributed by atoms with Gasteiger partial charge in [-0.2, -0.15) is 0 Å². The van der Waals surface area contributed by atoms with E-state index in [9.17, 15) is 13.2 Å². The second-order valence-electron chi connectivity index (χ2n) is 7.89. The van der Waals surface area contributed by atoms with Gasteiger partial charge in [0.2, 0.25) is 0 Å². The van der Waals surface area contributed by atoms with Crippen molar-refractivity contribution >= 4 is 39.3 Å². The number of carbonyl (C=O) groups is 1. The second kappa shape index (κ2) is 8.97. The van der Waals surface area contributed by atoms with Crippen LogP contribution in [0.1, 0.15) is 22.8 Å². The van der Waals surface area contributed by atoms with E-state index in [1.165, 1.54) is 16.4 Å². The average Bonchev–Trinajstić information content (AvgIpc) is 3.11. The van der Waals surface area contributed by atoms with Crippen molar-refractivity contribution in [2.24, 2.45) is 0 Å². The Hall–Kier alpha value is -2.81. The van der Waals surface area contributed by atoms with Gasteiger partial charge in [-0.1, -0.05) is 24.3 Å². The molecule has 1 aliphatic rings. The molecule has 1 heterocycles. The zero-order valence-electron chi connectivity index (χ0n) is 18.1. The quantitative estimate of drug-likeness (QED) is 0.535. The lowest BCUT2D eigenvalue weighted by Gasteiger charge is -2.24. The molecule has 1 unspecified atom stereocenters. The number of fused-ring (bicyclic) bond motifs is 1. The molecule has 0 saturated carbocycles. The summed E-state index contributed by atoms with van der Waals surface area (Å²) in [5, 5.41) is 2.84. The molecule has 0 bridgehead atoms. The van der Waals surface area contributed by atoms with Crippen LogP contribution in [0.3, 0.4) is 0 Å². The lowest BCUT2D eigenvalue weighted by atomic mass is 10.1. The average molecular weight is 468 g/mol. The van der Waals surface area contributed by atoms with Crippen LogP contribution < -0.4 is 9.62 Å². The lowest BCUT2D eigenvalue weighted by molar-refractivity contribution is 0.102. The summed E-state index contributed by atoms with van der Waals surface area (Å²) in [5.41, 5.74) is 2.64. The third-order valence-corrected chi connectivity index (χ3v) is 7.97. The summed E-state index contributed by atoms with van der Waals surface area (Å²) in [6.45, 7) is 1.90. The van der Waals surface area contributed by atoms with E-state index in [-0.39, 0.29) is 22.4 Å². The number of nitrogens with zero attached hydrogens (tertiary/aromatic N) is 2. The third kappa shape index (κ3) is 4.53. The van der Waals surface area contributed by atoms with E-state index in [2.05, 4.69) is 5.32 Å². The molecule has 6 nitrogen and oxygen atoms in total. The molecule has 1 aliphatic heterocycles. The molecule has 0 spiro atoms. The number of benzene rings is 3. The van der Waals surface area contributed by atoms with Gasteiger partial charge in [-0.3, -0.25) is 13.4 Å². The molecule has 0 aliphatic carbocycles. The SMILES string of the molecule is CC1Cc2ccccc2N1S(=O)(=O)c1cccc(C(=O)Nc2ccc(SN(C)C)cc2)c1. The highest BCUT2D eigenvalue weighted by atomic mass is 32.2. The summed E-state index contributed by atoms with van der Waals surface area (Å²) >= 11 is 1.58. The van der Waals surface area contributed by atoms with Gasteiger partial charge < -0.3 is 5.32 Å². The predicted molar refractivity (Wildman–Crippen MR) is 130 cm³/mol. The maximum Gasteiger partial charge on any atom is 0.264 e. The van der Waals surface area contributed by atoms with Crippen molar-refractivity contribution < 1.29 is 13.2 Å². The molecular weight excluding hydrogens is 442 g/mol. The van der Waals surface area contributed by atoms with Crippen molar-refractivity contribution in [3.05, 3.63) is 83.9 Å². The van der Waals surface area contributed by atoms with Crippen molar-refractivity contribution in [1.29, 1.82) is 0 Å². The van der Waals surface area contributed by atoms with E-state index >= 15 is 0 Å². The first kappa shape index (κ1) is 22.4. The Kier molecular flexibility index (Phi) is 6.28. The minimum Gasteiger partial charge on any atom is -0.322 e. The molecule has 166 valence electrons. The highest BCUT2D eigenvalue weighted by Crippen LogP contribution is 2.36. The fourth-order valence-corrected chi connectivity index (χ4v) is 6.25. The summed E-state index contributed by atoms with van der Waals surface area (Å²) < 4.78 is 30.4. The number of anilines is 2. The van der Waals surface area contributed by atoms with Crippen molar-refractivity contribution in [2.75, 3.05) is 23.7 Å². The van der Waals surface area contributed by atoms with Crippen LogP contribution in [0.15, 0.2) is 82.6 Å².